The zero-order valence-corrected chi connectivity index (χ0v) is 35.0. The monoisotopic (exact) mass is 840 g/mol. The molecule has 2 aliphatic rings. The second-order valence-electron chi connectivity index (χ2n) is 15.5. The third-order valence-electron chi connectivity index (χ3n) is 11.4. The number of ether oxygens (including phenoxy) is 3. The molecule has 4 unspecified atom stereocenters. The van der Waals surface area contributed by atoms with Crippen molar-refractivity contribution in [1.82, 2.24) is 10.2 Å². The van der Waals surface area contributed by atoms with E-state index in [9.17, 15) is 14.7 Å². The number of halogens is 2. The zero-order valence-electron chi connectivity index (χ0n) is 33.4. The number of carbonyl (C=O) groups excluding carboxylic acids is 1. The van der Waals surface area contributed by atoms with Crippen molar-refractivity contribution in [1.29, 1.82) is 0 Å². The predicted molar refractivity (Wildman–Crippen MR) is 235 cm³/mol. The van der Waals surface area contributed by atoms with E-state index in [4.69, 9.17) is 37.4 Å². The van der Waals surface area contributed by atoms with E-state index in [0.29, 0.717) is 53.5 Å². The van der Waals surface area contributed by atoms with E-state index in [-0.39, 0.29) is 24.5 Å². The number of nitrogens with zero attached hydrogens (tertiary/aromatic N) is 1. The molecule has 2 aliphatic heterocycles. The third kappa shape index (κ3) is 9.32. The molecule has 60 heavy (non-hydrogen) atoms. The van der Waals surface area contributed by atoms with Gasteiger partial charge in [0, 0.05) is 19.0 Å². The second-order valence-corrected chi connectivity index (χ2v) is 16.3. The van der Waals surface area contributed by atoms with Crippen molar-refractivity contribution in [2.45, 2.75) is 70.5 Å². The fourth-order valence-corrected chi connectivity index (χ4v) is 8.42. The molecule has 6 aromatic carbocycles. The van der Waals surface area contributed by atoms with Gasteiger partial charge in [-0.1, -0.05) is 133 Å². The van der Waals surface area contributed by atoms with E-state index in [2.05, 4.69) is 60.5 Å². The van der Waals surface area contributed by atoms with E-state index >= 15 is 0 Å². The number of aryl methyl sites for hydroxylation is 1. The number of carboxylic acids is 1. The van der Waals surface area contributed by atoms with Gasteiger partial charge in [-0.15, -0.1) is 0 Å². The Hall–Kier alpha value is -5.80. The average Bonchev–Trinajstić information content (AvgIpc) is 3.26. The molecule has 10 heteroatoms. The van der Waals surface area contributed by atoms with Gasteiger partial charge in [0.25, 0.3) is 0 Å². The van der Waals surface area contributed by atoms with Gasteiger partial charge in [-0.2, -0.15) is 0 Å². The van der Waals surface area contributed by atoms with Gasteiger partial charge in [-0.3, -0.25) is 9.69 Å². The molecule has 8 nitrogen and oxygen atoms in total. The normalized spacial score (nSPS) is 16.9. The SMILES string of the molecule is CCC(c1ccccc1)N1Cc2cc3c(cc2CC1C(=O)NC(Cc1ccc(-c2ccc(C)cc2)cc1)C(=O)O)OCC(c1ccc(OCc2ccc(Cl)c(Cl)c2)cc1)O3. The van der Waals surface area contributed by atoms with Crippen LogP contribution >= 0.6 is 23.2 Å². The maximum Gasteiger partial charge on any atom is 0.326 e. The van der Waals surface area contributed by atoms with Gasteiger partial charge in [-0.25, -0.2) is 4.79 Å². The van der Waals surface area contributed by atoms with Gasteiger partial charge in [0.15, 0.2) is 17.6 Å². The number of carboxylic acid groups (broad SMARTS) is 1. The van der Waals surface area contributed by atoms with Gasteiger partial charge in [0.1, 0.15) is 25.0 Å². The fraction of sp³-hybridized carbons (Fsp3) is 0.240. The third-order valence-corrected chi connectivity index (χ3v) is 12.1. The minimum absolute atomic E-state index is 0.0916. The molecule has 0 saturated carbocycles. The molecule has 8 rings (SSSR count). The average molecular weight is 842 g/mol. The van der Waals surface area contributed by atoms with Crippen LogP contribution in [-0.2, 0) is 35.6 Å². The van der Waals surface area contributed by atoms with Crippen LogP contribution in [0.3, 0.4) is 0 Å². The summed E-state index contributed by atoms with van der Waals surface area (Å²) in [4.78, 5) is 29.3. The molecular weight excluding hydrogens is 795 g/mol. The zero-order chi connectivity index (χ0) is 41.8. The van der Waals surface area contributed by atoms with E-state index in [1.807, 2.05) is 84.9 Å². The first-order valence-electron chi connectivity index (χ1n) is 20.2. The van der Waals surface area contributed by atoms with Crippen LogP contribution in [0.1, 0.15) is 64.4 Å². The summed E-state index contributed by atoms with van der Waals surface area (Å²) in [6, 6.07) is 41.7. The molecule has 0 aromatic heterocycles. The highest BCUT2D eigenvalue weighted by Crippen LogP contribution is 2.42. The van der Waals surface area contributed by atoms with Crippen LogP contribution in [0.15, 0.2) is 133 Å². The summed E-state index contributed by atoms with van der Waals surface area (Å²) in [5.74, 6) is 0.564. The lowest BCUT2D eigenvalue weighted by Crippen LogP contribution is -2.55. The number of nitrogens with one attached hydrogen (secondary N) is 1. The molecule has 0 saturated heterocycles. The maximum absolute atomic E-state index is 14.4. The summed E-state index contributed by atoms with van der Waals surface area (Å²) in [6.45, 7) is 5.29. The van der Waals surface area contributed by atoms with Crippen molar-refractivity contribution in [2.24, 2.45) is 0 Å². The van der Waals surface area contributed by atoms with Crippen LogP contribution in [0, 0.1) is 6.92 Å². The summed E-state index contributed by atoms with van der Waals surface area (Å²) in [6.07, 6.45) is 0.949. The quantitative estimate of drug-likeness (QED) is 0.120. The highest BCUT2D eigenvalue weighted by atomic mass is 35.5. The highest BCUT2D eigenvalue weighted by molar-refractivity contribution is 6.42. The van der Waals surface area contributed by atoms with Crippen LogP contribution in [0.5, 0.6) is 17.2 Å². The lowest BCUT2D eigenvalue weighted by atomic mass is 9.89. The van der Waals surface area contributed by atoms with Crippen LogP contribution in [0.2, 0.25) is 10.0 Å². The Morgan fingerprint density at radius 3 is 2.18 bits per heavy atom. The Bertz CT molecular complexity index is 2460. The number of carbonyl (C=O) groups is 2. The number of hydrogen-bond donors (Lipinski definition) is 2. The largest absolute Gasteiger partial charge is 0.489 e. The second kappa shape index (κ2) is 18.2. The van der Waals surface area contributed by atoms with E-state index in [1.165, 1.54) is 5.56 Å². The number of rotatable bonds is 13. The van der Waals surface area contributed by atoms with Crippen LogP contribution in [0.25, 0.3) is 11.1 Å². The molecule has 1 amide bonds. The van der Waals surface area contributed by atoms with Crippen LogP contribution in [-0.4, -0.2) is 40.6 Å². The number of hydrogen-bond acceptors (Lipinski definition) is 6. The summed E-state index contributed by atoms with van der Waals surface area (Å²) in [5, 5.41) is 14.3. The molecule has 0 bridgehead atoms. The molecule has 6 aromatic rings. The maximum atomic E-state index is 14.4. The molecule has 0 radical (unpaired) electrons. The molecule has 0 spiro atoms. The van der Waals surface area contributed by atoms with Crippen molar-refractivity contribution in [3.8, 4) is 28.4 Å². The van der Waals surface area contributed by atoms with Gasteiger partial charge < -0.3 is 24.6 Å². The molecule has 4 atom stereocenters. The topological polar surface area (TPSA) is 97.3 Å². The van der Waals surface area contributed by atoms with Gasteiger partial charge in [-0.05, 0) is 101 Å². The number of aliphatic carboxylic acids is 1. The summed E-state index contributed by atoms with van der Waals surface area (Å²) in [5.41, 5.74) is 9.10. The number of benzene rings is 6. The Morgan fingerprint density at radius 1 is 0.817 bits per heavy atom. The standard InChI is InChI=1S/C50H46Cl2N2O6/c1-3-44(36-7-5-4-6-8-36)54-28-39-27-47-46(59-30-48(60-47)37-18-20-40(21-19-37)58-29-33-13-22-41(51)42(52)23-33)26-38(39)25-45(54)49(55)53-43(50(56)57)24-32-11-16-35(17-12-32)34-14-9-31(2)10-15-34/h4-23,26-27,43-45,48H,3,24-25,28-30H2,1-2H3,(H,53,55)(H,56,57). The Balaban J connectivity index is 0.990. The lowest BCUT2D eigenvalue weighted by Gasteiger charge is -2.42. The van der Waals surface area contributed by atoms with E-state index < -0.39 is 18.1 Å². The minimum Gasteiger partial charge on any atom is -0.489 e. The van der Waals surface area contributed by atoms with E-state index in [0.717, 1.165) is 50.9 Å². The number of fused-ring (bicyclic) bond motifs is 2. The number of amides is 1. The van der Waals surface area contributed by atoms with Crippen LogP contribution < -0.4 is 19.5 Å². The first-order valence-corrected chi connectivity index (χ1v) is 21.0. The summed E-state index contributed by atoms with van der Waals surface area (Å²) in [7, 11) is 0. The summed E-state index contributed by atoms with van der Waals surface area (Å²) >= 11 is 12.2. The van der Waals surface area contributed by atoms with Gasteiger partial charge >= 0.3 is 5.97 Å². The van der Waals surface area contributed by atoms with Gasteiger partial charge in [0.05, 0.1) is 16.1 Å². The first kappa shape index (κ1) is 41.0. The van der Waals surface area contributed by atoms with Crippen molar-refractivity contribution in [3.05, 3.63) is 182 Å². The smallest absolute Gasteiger partial charge is 0.326 e. The predicted octanol–water partition coefficient (Wildman–Crippen LogP) is 10.8. The van der Waals surface area contributed by atoms with Crippen molar-refractivity contribution >= 4 is 35.1 Å². The molecule has 2 N–H and O–H groups in total. The van der Waals surface area contributed by atoms with Crippen molar-refractivity contribution < 1.29 is 28.9 Å². The van der Waals surface area contributed by atoms with E-state index in [1.54, 1.807) is 12.1 Å². The molecule has 0 fully saturated rings. The Kier molecular flexibility index (Phi) is 12.4. The molecule has 306 valence electrons. The van der Waals surface area contributed by atoms with Crippen molar-refractivity contribution in [2.75, 3.05) is 6.61 Å². The minimum atomic E-state index is -1.11. The summed E-state index contributed by atoms with van der Waals surface area (Å²) < 4.78 is 18.9. The Labute approximate surface area is 360 Å². The Morgan fingerprint density at radius 2 is 1.50 bits per heavy atom. The van der Waals surface area contributed by atoms with Crippen LogP contribution in [0.4, 0.5) is 0 Å². The molecule has 0 aliphatic carbocycles. The lowest BCUT2D eigenvalue weighted by molar-refractivity contribution is -0.143. The fourth-order valence-electron chi connectivity index (χ4n) is 8.10. The van der Waals surface area contributed by atoms with Gasteiger partial charge in [0.2, 0.25) is 5.91 Å². The highest BCUT2D eigenvalue weighted by Gasteiger charge is 2.38. The molecule has 2 heterocycles. The molecular formula is C50H46Cl2N2O6. The first-order chi connectivity index (χ1) is 29.1. The van der Waals surface area contributed by atoms with Crippen molar-refractivity contribution in [3.63, 3.8) is 0 Å².